The molecular weight excluding hydrogens is 245 g/mol. The predicted octanol–water partition coefficient (Wildman–Crippen LogP) is 3.60. The van der Waals surface area contributed by atoms with Gasteiger partial charge in [0, 0.05) is 10.6 Å². The Bertz CT molecular complexity index is 382. The number of hydrogen-bond donors (Lipinski definition) is 1. The number of hydrogen-bond acceptors (Lipinski definition) is 2. The molecule has 0 spiro atoms. The summed E-state index contributed by atoms with van der Waals surface area (Å²) in [5.74, 6) is 1.21. The maximum atomic E-state index is 6.14. The van der Waals surface area contributed by atoms with E-state index in [1.165, 1.54) is 0 Å². The second-order valence-corrected chi connectivity index (χ2v) is 4.91. The summed E-state index contributed by atoms with van der Waals surface area (Å²) in [6.45, 7) is 1.39. The summed E-state index contributed by atoms with van der Waals surface area (Å²) >= 11 is 12.2. The molecule has 1 heterocycles. The molecule has 1 aromatic carbocycles. The van der Waals surface area contributed by atoms with E-state index >= 15 is 0 Å². The van der Waals surface area contributed by atoms with Gasteiger partial charge >= 0.3 is 0 Å². The van der Waals surface area contributed by atoms with Gasteiger partial charge in [0.2, 0.25) is 0 Å². The molecule has 2 rings (SSSR count). The Morgan fingerprint density at radius 2 is 2.19 bits per heavy atom. The van der Waals surface area contributed by atoms with E-state index in [9.17, 15) is 0 Å². The van der Waals surface area contributed by atoms with Gasteiger partial charge in [-0.1, -0.05) is 23.2 Å². The van der Waals surface area contributed by atoms with Crippen molar-refractivity contribution in [2.45, 2.75) is 25.2 Å². The van der Waals surface area contributed by atoms with Crippen LogP contribution in [0.2, 0.25) is 10.0 Å². The summed E-state index contributed by atoms with van der Waals surface area (Å²) in [7, 11) is 0. The van der Waals surface area contributed by atoms with Gasteiger partial charge in [-0.2, -0.15) is 0 Å². The minimum Gasteiger partial charge on any atom is -0.492 e. The van der Waals surface area contributed by atoms with Crippen LogP contribution in [0.15, 0.2) is 12.1 Å². The zero-order valence-corrected chi connectivity index (χ0v) is 10.5. The first-order valence-electron chi connectivity index (χ1n) is 5.54. The molecule has 1 unspecified atom stereocenters. The Morgan fingerprint density at radius 3 is 2.94 bits per heavy atom. The van der Waals surface area contributed by atoms with Crippen molar-refractivity contribution in [2.75, 3.05) is 13.2 Å². The second kappa shape index (κ2) is 5.26. The molecule has 0 bridgehead atoms. The lowest BCUT2D eigenvalue weighted by molar-refractivity contribution is 0.316. The zero-order valence-electron chi connectivity index (χ0n) is 9.01. The molecule has 0 radical (unpaired) electrons. The number of fused-ring (bicyclic) bond motifs is 1. The lowest BCUT2D eigenvalue weighted by atomic mass is 9.91. The lowest BCUT2D eigenvalue weighted by Crippen LogP contribution is -2.07. The van der Waals surface area contributed by atoms with Crippen molar-refractivity contribution in [1.82, 2.24) is 0 Å². The summed E-state index contributed by atoms with van der Waals surface area (Å²) < 4.78 is 5.68. The number of halogens is 2. The molecule has 88 valence electrons. The number of ether oxygens (including phenoxy) is 1. The Kier molecular flexibility index (Phi) is 3.95. The second-order valence-electron chi connectivity index (χ2n) is 4.07. The number of benzene rings is 1. The Labute approximate surface area is 106 Å². The van der Waals surface area contributed by atoms with Crippen molar-refractivity contribution in [3.05, 3.63) is 27.7 Å². The van der Waals surface area contributed by atoms with E-state index in [4.69, 9.17) is 33.7 Å². The van der Waals surface area contributed by atoms with Gasteiger partial charge in [-0.15, -0.1) is 0 Å². The SMILES string of the molecule is NCCC1CCCOc2c(Cl)cc(Cl)cc21. The smallest absolute Gasteiger partial charge is 0.141 e. The van der Waals surface area contributed by atoms with E-state index in [0.717, 1.165) is 37.2 Å². The standard InChI is InChI=1S/C12H15Cl2NO/c13-9-6-10-8(3-4-15)2-1-5-16-12(10)11(14)7-9/h6-8H,1-5,15H2. The fraction of sp³-hybridized carbons (Fsp3) is 0.500. The first kappa shape index (κ1) is 12.0. The van der Waals surface area contributed by atoms with E-state index in [0.29, 0.717) is 22.5 Å². The third kappa shape index (κ3) is 2.45. The van der Waals surface area contributed by atoms with Gasteiger partial charge in [0.15, 0.2) is 0 Å². The molecule has 0 amide bonds. The summed E-state index contributed by atoms with van der Waals surface area (Å²) in [5, 5.41) is 1.27. The van der Waals surface area contributed by atoms with Crippen molar-refractivity contribution in [3.8, 4) is 5.75 Å². The highest BCUT2D eigenvalue weighted by atomic mass is 35.5. The van der Waals surface area contributed by atoms with Crippen LogP contribution in [-0.2, 0) is 0 Å². The van der Waals surface area contributed by atoms with Crippen LogP contribution in [0.5, 0.6) is 5.75 Å². The van der Waals surface area contributed by atoms with E-state index in [1.54, 1.807) is 6.07 Å². The van der Waals surface area contributed by atoms with Crippen LogP contribution in [-0.4, -0.2) is 13.2 Å². The van der Waals surface area contributed by atoms with E-state index in [1.807, 2.05) is 6.07 Å². The highest BCUT2D eigenvalue weighted by Crippen LogP contribution is 2.41. The monoisotopic (exact) mass is 259 g/mol. The third-order valence-corrected chi connectivity index (χ3v) is 3.43. The average Bonchev–Trinajstić information content (AvgIpc) is 2.42. The molecule has 1 aliphatic heterocycles. The van der Waals surface area contributed by atoms with Gasteiger partial charge < -0.3 is 10.5 Å². The largest absolute Gasteiger partial charge is 0.492 e. The van der Waals surface area contributed by atoms with Crippen LogP contribution in [0.1, 0.15) is 30.7 Å². The molecule has 0 aliphatic carbocycles. The molecule has 4 heteroatoms. The average molecular weight is 260 g/mol. The van der Waals surface area contributed by atoms with E-state index in [2.05, 4.69) is 0 Å². The number of rotatable bonds is 2. The molecule has 0 saturated heterocycles. The maximum Gasteiger partial charge on any atom is 0.141 e. The minimum absolute atomic E-state index is 0.415. The first-order chi connectivity index (χ1) is 7.72. The fourth-order valence-corrected chi connectivity index (χ4v) is 2.76. The van der Waals surface area contributed by atoms with Crippen LogP contribution in [0.25, 0.3) is 0 Å². The summed E-state index contributed by atoms with van der Waals surface area (Å²) in [5.41, 5.74) is 6.75. The molecule has 0 aromatic heterocycles. The molecule has 0 fully saturated rings. The molecule has 2 nitrogen and oxygen atoms in total. The van der Waals surface area contributed by atoms with Gasteiger partial charge in [0.05, 0.1) is 11.6 Å². The normalized spacial score (nSPS) is 19.8. The maximum absolute atomic E-state index is 6.14. The highest BCUT2D eigenvalue weighted by molar-refractivity contribution is 6.35. The number of nitrogens with two attached hydrogens (primary N) is 1. The van der Waals surface area contributed by atoms with Gasteiger partial charge in [-0.3, -0.25) is 0 Å². The van der Waals surface area contributed by atoms with Crippen molar-refractivity contribution in [1.29, 1.82) is 0 Å². The molecule has 16 heavy (non-hydrogen) atoms. The van der Waals surface area contributed by atoms with Crippen LogP contribution < -0.4 is 10.5 Å². The molecule has 1 aliphatic rings. The third-order valence-electron chi connectivity index (χ3n) is 2.94. The molecule has 1 atom stereocenters. The zero-order chi connectivity index (χ0) is 11.5. The first-order valence-corrected chi connectivity index (χ1v) is 6.29. The lowest BCUT2D eigenvalue weighted by Gasteiger charge is -2.16. The van der Waals surface area contributed by atoms with Gasteiger partial charge in [0.25, 0.3) is 0 Å². The van der Waals surface area contributed by atoms with Gasteiger partial charge in [-0.25, -0.2) is 0 Å². The van der Waals surface area contributed by atoms with Crippen molar-refractivity contribution in [3.63, 3.8) is 0 Å². The van der Waals surface area contributed by atoms with E-state index < -0.39 is 0 Å². The van der Waals surface area contributed by atoms with Crippen LogP contribution in [0.3, 0.4) is 0 Å². The fourth-order valence-electron chi connectivity index (χ4n) is 2.20. The van der Waals surface area contributed by atoms with Crippen molar-refractivity contribution >= 4 is 23.2 Å². The van der Waals surface area contributed by atoms with Gasteiger partial charge in [0.1, 0.15) is 5.75 Å². The summed E-state index contributed by atoms with van der Waals surface area (Å²) in [6.07, 6.45) is 3.07. The summed E-state index contributed by atoms with van der Waals surface area (Å²) in [4.78, 5) is 0. The Morgan fingerprint density at radius 1 is 1.38 bits per heavy atom. The topological polar surface area (TPSA) is 35.2 Å². The molecular formula is C12H15Cl2NO. The van der Waals surface area contributed by atoms with Crippen molar-refractivity contribution < 1.29 is 4.74 Å². The van der Waals surface area contributed by atoms with Crippen LogP contribution in [0.4, 0.5) is 0 Å². The minimum atomic E-state index is 0.415. The molecule has 1 aromatic rings. The predicted molar refractivity (Wildman–Crippen MR) is 67.6 cm³/mol. The van der Waals surface area contributed by atoms with Crippen molar-refractivity contribution in [2.24, 2.45) is 5.73 Å². The van der Waals surface area contributed by atoms with E-state index in [-0.39, 0.29) is 0 Å². The quantitative estimate of drug-likeness (QED) is 0.881. The highest BCUT2D eigenvalue weighted by Gasteiger charge is 2.21. The van der Waals surface area contributed by atoms with Crippen LogP contribution >= 0.6 is 23.2 Å². The Hall–Kier alpha value is -0.440. The van der Waals surface area contributed by atoms with Gasteiger partial charge in [-0.05, 0) is 43.9 Å². The molecule has 2 N–H and O–H groups in total. The summed E-state index contributed by atoms with van der Waals surface area (Å²) in [6, 6.07) is 3.68. The van der Waals surface area contributed by atoms with Crippen LogP contribution in [0, 0.1) is 0 Å². The Balaban J connectivity index is 2.43. The molecule has 0 saturated carbocycles.